The van der Waals surface area contributed by atoms with Gasteiger partial charge in [0.05, 0.1) is 0 Å². The Morgan fingerprint density at radius 3 is 2.07 bits per heavy atom. The summed E-state index contributed by atoms with van der Waals surface area (Å²) in [5, 5.41) is 0. The van der Waals surface area contributed by atoms with Crippen molar-refractivity contribution in [3.05, 3.63) is 0 Å². The number of hydrogen-bond acceptors (Lipinski definition) is 0. The van der Waals surface area contributed by atoms with Crippen molar-refractivity contribution in [2.24, 2.45) is 23.7 Å². The second kappa shape index (κ2) is 6.55. The molecule has 0 amide bonds. The lowest BCUT2D eigenvalue weighted by molar-refractivity contribution is 0.291. The van der Waals surface area contributed by atoms with Crippen LogP contribution in [0.5, 0.6) is 0 Å². The maximum absolute atomic E-state index is 2.45. The molecular formula is C15H30. The molecule has 0 nitrogen and oxygen atoms in total. The Morgan fingerprint density at radius 2 is 1.60 bits per heavy atom. The van der Waals surface area contributed by atoms with Crippen molar-refractivity contribution in [2.75, 3.05) is 0 Å². The minimum absolute atomic E-state index is 0.982. The molecule has 15 heavy (non-hydrogen) atoms. The second-order valence-corrected chi connectivity index (χ2v) is 5.85. The van der Waals surface area contributed by atoms with Crippen molar-refractivity contribution in [1.82, 2.24) is 0 Å². The summed E-state index contributed by atoms with van der Waals surface area (Å²) < 4.78 is 0. The van der Waals surface area contributed by atoms with Gasteiger partial charge in [-0.25, -0.2) is 0 Å². The Morgan fingerprint density at radius 1 is 1.00 bits per heavy atom. The van der Waals surface area contributed by atoms with Crippen molar-refractivity contribution < 1.29 is 0 Å². The molecule has 3 atom stereocenters. The van der Waals surface area contributed by atoms with Gasteiger partial charge in [0.2, 0.25) is 0 Å². The summed E-state index contributed by atoms with van der Waals surface area (Å²) in [5.74, 6) is 4.05. The van der Waals surface area contributed by atoms with Gasteiger partial charge < -0.3 is 0 Å². The van der Waals surface area contributed by atoms with E-state index in [2.05, 4.69) is 27.7 Å². The molecular weight excluding hydrogens is 180 g/mol. The maximum Gasteiger partial charge on any atom is -0.0381 e. The molecule has 1 fully saturated rings. The van der Waals surface area contributed by atoms with Gasteiger partial charge in [-0.1, -0.05) is 59.8 Å². The summed E-state index contributed by atoms with van der Waals surface area (Å²) in [4.78, 5) is 0. The molecule has 0 heterocycles. The molecule has 0 spiro atoms. The highest BCUT2D eigenvalue weighted by Gasteiger charge is 2.32. The minimum Gasteiger partial charge on any atom is -0.0654 e. The molecule has 1 saturated carbocycles. The van der Waals surface area contributed by atoms with E-state index in [1.165, 1.54) is 44.9 Å². The Balaban J connectivity index is 2.32. The van der Waals surface area contributed by atoms with Crippen LogP contribution in [-0.2, 0) is 0 Å². The minimum atomic E-state index is 0.982. The van der Waals surface area contributed by atoms with E-state index < -0.39 is 0 Å². The molecule has 0 aromatic carbocycles. The lowest BCUT2D eigenvalue weighted by Crippen LogP contribution is -2.11. The summed E-state index contributed by atoms with van der Waals surface area (Å²) in [6, 6.07) is 0. The first-order valence-corrected chi connectivity index (χ1v) is 7.19. The van der Waals surface area contributed by atoms with Crippen LogP contribution in [0.1, 0.15) is 72.6 Å². The molecule has 0 saturated heterocycles. The first-order chi connectivity index (χ1) is 7.19. The van der Waals surface area contributed by atoms with Crippen molar-refractivity contribution in [2.45, 2.75) is 72.6 Å². The van der Waals surface area contributed by atoms with E-state index in [1.807, 2.05) is 0 Å². The van der Waals surface area contributed by atoms with Gasteiger partial charge >= 0.3 is 0 Å². The monoisotopic (exact) mass is 210 g/mol. The van der Waals surface area contributed by atoms with Crippen molar-refractivity contribution in [3.8, 4) is 0 Å². The van der Waals surface area contributed by atoms with Crippen LogP contribution in [0.2, 0.25) is 0 Å². The SMILES string of the molecule is CCCCCC(CC)C1CC(C)C(C)C1. The predicted octanol–water partition coefficient (Wildman–Crippen LogP) is 5.28. The number of hydrogen-bond donors (Lipinski definition) is 0. The van der Waals surface area contributed by atoms with Crippen LogP contribution in [0.4, 0.5) is 0 Å². The van der Waals surface area contributed by atoms with Crippen LogP contribution >= 0.6 is 0 Å². The van der Waals surface area contributed by atoms with Crippen LogP contribution in [0.15, 0.2) is 0 Å². The first kappa shape index (κ1) is 13.1. The zero-order valence-electron chi connectivity index (χ0n) is 11.3. The first-order valence-electron chi connectivity index (χ1n) is 7.19. The molecule has 0 radical (unpaired) electrons. The Kier molecular flexibility index (Phi) is 5.71. The average molecular weight is 210 g/mol. The Hall–Kier alpha value is 0. The maximum atomic E-state index is 2.45. The molecule has 0 aromatic rings. The van der Waals surface area contributed by atoms with Gasteiger partial charge in [0, 0.05) is 0 Å². The molecule has 3 unspecified atom stereocenters. The van der Waals surface area contributed by atoms with Crippen molar-refractivity contribution in [1.29, 1.82) is 0 Å². The Bertz CT molecular complexity index is 151. The van der Waals surface area contributed by atoms with E-state index in [1.54, 1.807) is 0 Å². The van der Waals surface area contributed by atoms with Crippen molar-refractivity contribution >= 4 is 0 Å². The van der Waals surface area contributed by atoms with Gasteiger partial charge in [-0.05, 0) is 36.5 Å². The van der Waals surface area contributed by atoms with Crippen LogP contribution < -0.4 is 0 Å². The molecule has 0 bridgehead atoms. The molecule has 0 aliphatic heterocycles. The summed E-state index contributed by atoms with van der Waals surface area (Å²) in [6.07, 6.45) is 10.2. The van der Waals surface area contributed by atoms with Gasteiger partial charge in [0.15, 0.2) is 0 Å². The summed E-state index contributed by atoms with van der Waals surface area (Å²) >= 11 is 0. The topological polar surface area (TPSA) is 0 Å². The Labute approximate surface area is 96.8 Å². The van der Waals surface area contributed by atoms with Gasteiger partial charge in [0.1, 0.15) is 0 Å². The smallest absolute Gasteiger partial charge is 0.0381 e. The molecule has 0 aromatic heterocycles. The highest BCUT2D eigenvalue weighted by Crippen LogP contribution is 2.42. The molecule has 0 N–H and O–H groups in total. The predicted molar refractivity (Wildman–Crippen MR) is 69.0 cm³/mol. The fourth-order valence-corrected chi connectivity index (χ4v) is 3.33. The summed E-state index contributed by atoms with van der Waals surface area (Å²) in [6.45, 7) is 9.60. The summed E-state index contributed by atoms with van der Waals surface area (Å²) in [7, 11) is 0. The lowest BCUT2D eigenvalue weighted by atomic mass is 9.84. The van der Waals surface area contributed by atoms with E-state index in [4.69, 9.17) is 0 Å². The number of rotatable bonds is 6. The molecule has 1 rings (SSSR count). The summed E-state index contributed by atoms with van der Waals surface area (Å²) in [5.41, 5.74) is 0. The fraction of sp³-hybridized carbons (Fsp3) is 1.00. The third-order valence-electron chi connectivity index (χ3n) is 4.69. The third kappa shape index (κ3) is 3.81. The normalized spacial score (nSPS) is 33.2. The van der Waals surface area contributed by atoms with Gasteiger partial charge in [-0.2, -0.15) is 0 Å². The lowest BCUT2D eigenvalue weighted by Gasteiger charge is -2.22. The van der Waals surface area contributed by atoms with E-state index in [0.29, 0.717) is 0 Å². The second-order valence-electron chi connectivity index (χ2n) is 5.85. The van der Waals surface area contributed by atoms with Crippen LogP contribution in [0.25, 0.3) is 0 Å². The zero-order valence-corrected chi connectivity index (χ0v) is 11.3. The largest absolute Gasteiger partial charge is 0.0654 e. The van der Waals surface area contributed by atoms with Crippen molar-refractivity contribution in [3.63, 3.8) is 0 Å². The molecule has 0 heteroatoms. The highest BCUT2D eigenvalue weighted by molar-refractivity contribution is 4.82. The molecule has 1 aliphatic carbocycles. The van der Waals surface area contributed by atoms with Crippen LogP contribution in [0, 0.1) is 23.7 Å². The standard InChI is InChI=1S/C15H30/c1-5-7-8-9-14(6-2)15-10-12(3)13(4)11-15/h12-15H,5-11H2,1-4H3. The van der Waals surface area contributed by atoms with Gasteiger partial charge in [-0.15, -0.1) is 0 Å². The number of unbranched alkanes of at least 4 members (excludes halogenated alkanes) is 2. The molecule has 1 aliphatic rings. The van der Waals surface area contributed by atoms with Gasteiger partial charge in [0.25, 0.3) is 0 Å². The highest BCUT2D eigenvalue weighted by atomic mass is 14.4. The quantitative estimate of drug-likeness (QED) is 0.524. The fourth-order valence-electron chi connectivity index (χ4n) is 3.33. The molecule has 90 valence electrons. The van der Waals surface area contributed by atoms with E-state index in [0.717, 1.165) is 23.7 Å². The van der Waals surface area contributed by atoms with E-state index in [-0.39, 0.29) is 0 Å². The van der Waals surface area contributed by atoms with E-state index >= 15 is 0 Å². The average Bonchev–Trinajstić information content (AvgIpc) is 2.54. The van der Waals surface area contributed by atoms with Gasteiger partial charge in [-0.3, -0.25) is 0 Å². The van der Waals surface area contributed by atoms with Crippen LogP contribution in [-0.4, -0.2) is 0 Å². The zero-order chi connectivity index (χ0) is 11.3. The third-order valence-corrected chi connectivity index (χ3v) is 4.69. The van der Waals surface area contributed by atoms with E-state index in [9.17, 15) is 0 Å². The van der Waals surface area contributed by atoms with Crippen LogP contribution in [0.3, 0.4) is 0 Å².